The van der Waals surface area contributed by atoms with Crippen molar-refractivity contribution in [1.29, 1.82) is 0 Å². The van der Waals surface area contributed by atoms with Crippen molar-refractivity contribution in [2.24, 2.45) is 17.8 Å². The van der Waals surface area contributed by atoms with Gasteiger partial charge in [-0.2, -0.15) is 0 Å². The van der Waals surface area contributed by atoms with Gasteiger partial charge < -0.3 is 20.3 Å². The fourth-order valence-electron chi connectivity index (χ4n) is 6.78. The maximum Gasteiger partial charge on any atom is 0.407 e. The van der Waals surface area contributed by atoms with Crippen LogP contribution in [0.25, 0.3) is 0 Å². The number of likely N-dealkylation sites (tertiary alicyclic amines) is 1. The van der Waals surface area contributed by atoms with Gasteiger partial charge in [-0.05, 0) is 64.5 Å². The van der Waals surface area contributed by atoms with Gasteiger partial charge in [0.15, 0.2) is 0 Å². The van der Waals surface area contributed by atoms with E-state index >= 15 is 0 Å². The number of para-hydroxylation sites is 1. The highest BCUT2D eigenvalue weighted by Gasteiger charge is 2.47. The summed E-state index contributed by atoms with van der Waals surface area (Å²) in [5.41, 5.74) is 1.82. The third-order valence-electron chi connectivity index (χ3n) is 8.28. The molecule has 1 aromatic rings. The lowest BCUT2D eigenvalue weighted by molar-refractivity contribution is -0.143. The maximum absolute atomic E-state index is 14.3. The summed E-state index contributed by atoms with van der Waals surface area (Å²) in [5.74, 6) is 0.768. The standard InChI is InChI=1S/C30H41N3O3/c1-30(2,3)36-29(35)32-25-18-10-8-15-22(25)28(34)33-19-11-16-23-26(20-12-5-4-6-13-20)31-24-17-9-7-14-21(24)27(23)33/h4-7,9,12,14,17,20,22-23,25-27,31H,8,10-11,13,15-16,18-19H2,1-3H3,(H,32,35)/t20?,22-,23+,25+,26-,27-/m0/s1. The van der Waals surface area contributed by atoms with Crippen LogP contribution >= 0.6 is 0 Å². The van der Waals surface area contributed by atoms with Gasteiger partial charge in [-0.3, -0.25) is 4.79 Å². The van der Waals surface area contributed by atoms with E-state index in [1.165, 1.54) is 5.56 Å². The predicted octanol–water partition coefficient (Wildman–Crippen LogP) is 5.98. The summed E-state index contributed by atoms with van der Waals surface area (Å²) in [4.78, 5) is 29.0. The second-order valence-electron chi connectivity index (χ2n) is 11.9. The minimum absolute atomic E-state index is 0.0668. The molecule has 6 heteroatoms. The zero-order valence-electron chi connectivity index (χ0n) is 21.9. The van der Waals surface area contributed by atoms with Gasteiger partial charge in [0, 0.05) is 36.2 Å². The smallest absolute Gasteiger partial charge is 0.407 e. The number of alkyl carbamates (subject to hydrolysis) is 1. The van der Waals surface area contributed by atoms with Crippen LogP contribution in [0.4, 0.5) is 10.5 Å². The lowest BCUT2D eigenvalue weighted by Gasteiger charge is -2.51. The second-order valence-corrected chi connectivity index (χ2v) is 11.9. The normalized spacial score (nSPS) is 31.6. The van der Waals surface area contributed by atoms with E-state index in [-0.39, 0.29) is 23.9 Å². The van der Waals surface area contributed by atoms with Crippen molar-refractivity contribution in [1.82, 2.24) is 10.2 Å². The largest absolute Gasteiger partial charge is 0.444 e. The van der Waals surface area contributed by atoms with E-state index in [1.54, 1.807) is 0 Å². The van der Waals surface area contributed by atoms with E-state index < -0.39 is 11.7 Å². The maximum atomic E-state index is 14.3. The van der Waals surface area contributed by atoms with E-state index in [0.29, 0.717) is 17.9 Å². The van der Waals surface area contributed by atoms with Gasteiger partial charge >= 0.3 is 6.09 Å². The number of rotatable bonds is 3. The summed E-state index contributed by atoms with van der Waals surface area (Å²) in [7, 11) is 0. The highest BCUT2D eigenvalue weighted by molar-refractivity contribution is 5.82. The molecule has 2 heterocycles. The molecule has 0 bridgehead atoms. The number of hydrogen-bond donors (Lipinski definition) is 2. The number of piperidine rings is 1. The Morgan fingerprint density at radius 2 is 1.86 bits per heavy atom. The number of nitrogens with zero attached hydrogens (tertiary/aromatic N) is 1. The predicted molar refractivity (Wildman–Crippen MR) is 143 cm³/mol. The van der Waals surface area contributed by atoms with Gasteiger partial charge in [-0.15, -0.1) is 0 Å². The first-order valence-electron chi connectivity index (χ1n) is 13.8. The molecular weight excluding hydrogens is 450 g/mol. The number of nitrogens with one attached hydrogen (secondary N) is 2. The molecule has 0 radical (unpaired) electrons. The van der Waals surface area contributed by atoms with E-state index in [2.05, 4.69) is 64.1 Å². The molecule has 4 aliphatic rings. The summed E-state index contributed by atoms with van der Waals surface area (Å²) in [6, 6.07) is 8.70. The van der Waals surface area contributed by atoms with Crippen LogP contribution in [0.2, 0.25) is 0 Å². The highest BCUT2D eigenvalue weighted by Crippen LogP contribution is 2.48. The summed E-state index contributed by atoms with van der Waals surface area (Å²) in [5, 5.41) is 6.92. The molecule has 194 valence electrons. The number of benzene rings is 1. The van der Waals surface area contributed by atoms with Crippen LogP contribution in [-0.2, 0) is 9.53 Å². The minimum atomic E-state index is -0.561. The molecule has 1 aromatic carbocycles. The molecule has 2 fully saturated rings. The summed E-state index contributed by atoms with van der Waals surface area (Å²) < 4.78 is 5.53. The average molecular weight is 492 g/mol. The van der Waals surface area contributed by atoms with Crippen LogP contribution in [0.1, 0.15) is 77.3 Å². The Bertz CT molecular complexity index is 1030. The first kappa shape index (κ1) is 24.9. The lowest BCUT2D eigenvalue weighted by atomic mass is 9.70. The third kappa shape index (κ3) is 5.18. The van der Waals surface area contributed by atoms with Gasteiger partial charge in [0.25, 0.3) is 0 Å². The Balaban J connectivity index is 1.41. The number of carbonyl (C=O) groups is 2. The SMILES string of the molecule is CC(C)(C)OC(=O)N[C@@H]1CCCC[C@@H]1C(=O)N1CCC[C@@H]2[C@H](C3C=CC=CC3)Nc3ccccc3[C@@H]21. The fourth-order valence-corrected chi connectivity index (χ4v) is 6.78. The van der Waals surface area contributed by atoms with E-state index in [9.17, 15) is 9.59 Å². The Morgan fingerprint density at radius 1 is 1.06 bits per heavy atom. The number of carbonyl (C=O) groups excluding carboxylic acids is 2. The second kappa shape index (κ2) is 10.3. The number of amides is 2. The fraction of sp³-hybridized carbons (Fsp3) is 0.600. The molecule has 2 aliphatic heterocycles. The van der Waals surface area contributed by atoms with Crippen LogP contribution in [0.5, 0.6) is 0 Å². The van der Waals surface area contributed by atoms with Crippen molar-refractivity contribution in [2.75, 3.05) is 11.9 Å². The van der Waals surface area contributed by atoms with Crippen LogP contribution in [0, 0.1) is 17.8 Å². The van der Waals surface area contributed by atoms with Crippen molar-refractivity contribution in [2.45, 2.75) is 89.4 Å². The molecule has 0 spiro atoms. The van der Waals surface area contributed by atoms with E-state index in [4.69, 9.17) is 4.74 Å². The molecule has 6 nitrogen and oxygen atoms in total. The molecule has 5 rings (SSSR count). The molecule has 2 amide bonds. The monoisotopic (exact) mass is 491 g/mol. The molecule has 1 unspecified atom stereocenters. The van der Waals surface area contributed by atoms with Crippen molar-refractivity contribution in [3.63, 3.8) is 0 Å². The highest BCUT2D eigenvalue weighted by atomic mass is 16.6. The average Bonchev–Trinajstić information content (AvgIpc) is 2.87. The molecule has 6 atom stereocenters. The van der Waals surface area contributed by atoms with Gasteiger partial charge in [-0.25, -0.2) is 4.79 Å². The van der Waals surface area contributed by atoms with Gasteiger partial charge in [-0.1, -0.05) is 55.3 Å². The Hall–Kier alpha value is -2.76. The first-order chi connectivity index (χ1) is 17.3. The number of hydrogen-bond acceptors (Lipinski definition) is 4. The Labute approximate surface area is 215 Å². The molecule has 2 aliphatic carbocycles. The van der Waals surface area contributed by atoms with Crippen molar-refractivity contribution in [3.05, 3.63) is 54.1 Å². The topological polar surface area (TPSA) is 70.7 Å². The quantitative estimate of drug-likeness (QED) is 0.546. The number of allylic oxidation sites excluding steroid dienone is 3. The first-order valence-corrected chi connectivity index (χ1v) is 13.8. The van der Waals surface area contributed by atoms with Crippen LogP contribution in [-0.4, -0.2) is 41.1 Å². The summed E-state index contributed by atoms with van der Waals surface area (Å²) in [6.45, 7) is 6.38. The molecular formula is C30H41N3O3. The number of ether oxygens (including phenoxy) is 1. The zero-order valence-corrected chi connectivity index (χ0v) is 21.9. The minimum Gasteiger partial charge on any atom is -0.444 e. The zero-order chi connectivity index (χ0) is 25.3. The van der Waals surface area contributed by atoms with E-state index in [1.807, 2.05) is 20.8 Å². The third-order valence-corrected chi connectivity index (χ3v) is 8.28. The lowest BCUT2D eigenvalue weighted by Crippen LogP contribution is -2.56. The van der Waals surface area contributed by atoms with E-state index in [0.717, 1.165) is 57.2 Å². The van der Waals surface area contributed by atoms with Crippen LogP contribution < -0.4 is 10.6 Å². The number of anilines is 1. The van der Waals surface area contributed by atoms with Crippen molar-refractivity contribution in [3.8, 4) is 0 Å². The van der Waals surface area contributed by atoms with Gasteiger partial charge in [0.2, 0.25) is 5.91 Å². The molecule has 1 saturated carbocycles. The van der Waals surface area contributed by atoms with Crippen molar-refractivity contribution < 1.29 is 14.3 Å². The number of fused-ring (bicyclic) bond motifs is 3. The summed E-state index contributed by atoms with van der Waals surface area (Å²) in [6.07, 6.45) is 15.3. The van der Waals surface area contributed by atoms with Gasteiger partial charge in [0.05, 0.1) is 12.0 Å². The Kier molecular flexibility index (Phi) is 7.14. The molecule has 0 aromatic heterocycles. The van der Waals surface area contributed by atoms with Crippen LogP contribution in [0.15, 0.2) is 48.6 Å². The molecule has 36 heavy (non-hydrogen) atoms. The van der Waals surface area contributed by atoms with Crippen LogP contribution in [0.3, 0.4) is 0 Å². The summed E-state index contributed by atoms with van der Waals surface area (Å²) >= 11 is 0. The van der Waals surface area contributed by atoms with Gasteiger partial charge in [0.1, 0.15) is 5.60 Å². The Morgan fingerprint density at radius 3 is 2.64 bits per heavy atom. The van der Waals surface area contributed by atoms with Crippen molar-refractivity contribution >= 4 is 17.7 Å². The molecule has 2 N–H and O–H groups in total. The molecule has 1 saturated heterocycles.